The number of carbonyl (C=O) groups is 2. The summed E-state index contributed by atoms with van der Waals surface area (Å²) in [6.07, 6.45) is -1.38. The quantitative estimate of drug-likeness (QED) is 0.179. The van der Waals surface area contributed by atoms with Crippen LogP contribution < -0.4 is 14.8 Å². The standard InChI is InChI=1S/C32H36N6O10S.C6H15N/c1-31(2,3)48-30(40)36-26-23-27(34-17-33-26)38(18-35-23)29-25-24(46-32(4,5)47-25)22(45-29)16-44-49(41,42)37-28(39)20-13-9-10-14-21(20)43-15-19-11-7-6-8-12-19;1-4-7(5-2)6-3/h6-14,17-18,22,24-25,29H,15-16H2,1-5H3,(H,37,39)(H,33,34,36,40);4-6H2,1-3H3/t22-,24-,25-,29-;/m1./s1. The van der Waals surface area contributed by atoms with Crippen LogP contribution in [0.5, 0.6) is 5.75 Å². The maximum absolute atomic E-state index is 13.1. The second-order valence-electron chi connectivity index (χ2n) is 14.4. The zero-order valence-electron chi connectivity index (χ0n) is 32.9. The minimum atomic E-state index is -4.62. The van der Waals surface area contributed by atoms with Gasteiger partial charge in [-0.1, -0.05) is 63.2 Å². The molecule has 4 atom stereocenters. The topological polar surface area (TPSA) is 195 Å². The van der Waals surface area contributed by atoms with Gasteiger partial charge in [-0.2, -0.15) is 8.42 Å². The number of hydrogen-bond donors (Lipinski definition) is 2. The van der Waals surface area contributed by atoms with Gasteiger partial charge in [0.2, 0.25) is 0 Å². The molecule has 0 radical (unpaired) electrons. The van der Waals surface area contributed by atoms with E-state index in [0.29, 0.717) is 5.65 Å². The van der Waals surface area contributed by atoms with Crippen LogP contribution in [0, 0.1) is 0 Å². The summed E-state index contributed by atoms with van der Waals surface area (Å²) in [7, 11) is -4.62. The summed E-state index contributed by atoms with van der Waals surface area (Å²) in [6, 6.07) is 15.6. The predicted molar refractivity (Wildman–Crippen MR) is 206 cm³/mol. The number of ether oxygens (including phenoxy) is 5. The lowest BCUT2D eigenvalue weighted by Gasteiger charge is -2.24. The number of imidazole rings is 1. The Balaban J connectivity index is 0.000000784. The van der Waals surface area contributed by atoms with Gasteiger partial charge in [-0.3, -0.25) is 18.9 Å². The average molecular weight is 798 g/mol. The Morgan fingerprint density at radius 1 is 0.929 bits per heavy atom. The van der Waals surface area contributed by atoms with Crippen LogP contribution in [0.3, 0.4) is 0 Å². The predicted octanol–water partition coefficient (Wildman–Crippen LogP) is 5.21. The molecular weight excluding hydrogens is 747 g/mol. The normalized spacial score (nSPS) is 20.2. The van der Waals surface area contributed by atoms with Gasteiger partial charge in [0.25, 0.3) is 5.91 Å². The first kappa shape index (κ1) is 42.4. The van der Waals surface area contributed by atoms with E-state index in [2.05, 4.69) is 45.9 Å². The third-order valence-electron chi connectivity index (χ3n) is 8.69. The minimum absolute atomic E-state index is 0.00614. The van der Waals surface area contributed by atoms with Gasteiger partial charge in [0, 0.05) is 0 Å². The zero-order chi connectivity index (χ0) is 40.7. The molecule has 2 aromatic carbocycles. The summed E-state index contributed by atoms with van der Waals surface area (Å²) >= 11 is 0. The van der Waals surface area contributed by atoms with Gasteiger partial charge in [-0.05, 0) is 71.9 Å². The van der Waals surface area contributed by atoms with Crippen LogP contribution in [0.1, 0.15) is 77.5 Å². The molecule has 2 fully saturated rings. The van der Waals surface area contributed by atoms with E-state index in [1.54, 1.807) is 57.4 Å². The summed E-state index contributed by atoms with van der Waals surface area (Å²) in [4.78, 5) is 40.7. The van der Waals surface area contributed by atoms with E-state index < -0.39 is 64.8 Å². The number of anilines is 1. The van der Waals surface area contributed by atoms with Gasteiger partial charge in [-0.15, -0.1) is 0 Å². The molecular formula is C38H51N7O10S. The third kappa shape index (κ3) is 11.0. The van der Waals surface area contributed by atoms with Crippen molar-refractivity contribution in [2.75, 3.05) is 31.6 Å². The molecule has 6 rings (SSSR count). The molecule has 0 saturated carbocycles. The number of rotatable bonds is 13. The van der Waals surface area contributed by atoms with Crippen molar-refractivity contribution in [1.29, 1.82) is 0 Å². The summed E-state index contributed by atoms with van der Waals surface area (Å²) < 4.78 is 64.3. The first-order chi connectivity index (χ1) is 26.5. The van der Waals surface area contributed by atoms with Gasteiger partial charge in [0.15, 0.2) is 29.0 Å². The van der Waals surface area contributed by atoms with Crippen molar-refractivity contribution in [2.24, 2.45) is 0 Å². The van der Waals surface area contributed by atoms with E-state index >= 15 is 0 Å². The van der Waals surface area contributed by atoms with Crippen LogP contribution in [0.25, 0.3) is 11.2 Å². The number of para-hydroxylation sites is 1. The van der Waals surface area contributed by atoms with Crippen molar-refractivity contribution in [3.8, 4) is 5.75 Å². The number of carbonyl (C=O) groups excluding carboxylic acids is 2. The second-order valence-corrected chi connectivity index (χ2v) is 15.7. The molecule has 4 heterocycles. The Bertz CT molecular complexity index is 2050. The lowest BCUT2D eigenvalue weighted by molar-refractivity contribution is -0.198. The van der Waals surface area contributed by atoms with Crippen LogP contribution in [0.15, 0.2) is 67.3 Å². The van der Waals surface area contributed by atoms with Gasteiger partial charge >= 0.3 is 16.4 Å². The molecule has 0 unspecified atom stereocenters. The highest BCUT2D eigenvalue weighted by Gasteiger charge is 2.56. The Hall–Kier alpha value is -4.72. The number of nitrogens with one attached hydrogen (secondary N) is 2. The minimum Gasteiger partial charge on any atom is -0.488 e. The SMILES string of the molecule is CC(C)(C)OC(=O)Nc1ncnc2c1ncn2[C@@H]1O[C@H](COS(=O)(=O)NC(=O)c2ccccc2OCc2ccccc2)[C@H]2OC(C)(C)O[C@H]21.CCN(CC)CC. The summed E-state index contributed by atoms with van der Waals surface area (Å²) in [5.41, 5.74) is 0.699. The molecule has 4 aromatic rings. The molecule has 2 aliphatic rings. The van der Waals surface area contributed by atoms with E-state index in [-0.39, 0.29) is 29.3 Å². The Labute approximate surface area is 327 Å². The fraction of sp³-hybridized carbons (Fsp3) is 0.500. The Kier molecular flexibility index (Phi) is 13.7. The summed E-state index contributed by atoms with van der Waals surface area (Å²) in [5, 5.41) is 2.58. The molecule has 2 saturated heterocycles. The fourth-order valence-electron chi connectivity index (χ4n) is 6.09. The van der Waals surface area contributed by atoms with Gasteiger partial charge in [-0.25, -0.2) is 24.5 Å². The molecule has 0 aliphatic carbocycles. The highest BCUT2D eigenvalue weighted by Crippen LogP contribution is 2.44. The molecule has 2 amide bonds. The molecule has 0 bridgehead atoms. The molecule has 2 aliphatic heterocycles. The number of fused-ring (bicyclic) bond motifs is 2. The van der Waals surface area contributed by atoms with Crippen LogP contribution in [0.4, 0.5) is 10.6 Å². The van der Waals surface area contributed by atoms with E-state index in [1.165, 1.54) is 38.4 Å². The number of benzene rings is 2. The van der Waals surface area contributed by atoms with Crippen molar-refractivity contribution in [3.05, 3.63) is 78.4 Å². The molecule has 56 heavy (non-hydrogen) atoms. The van der Waals surface area contributed by atoms with Crippen molar-refractivity contribution >= 4 is 39.3 Å². The Morgan fingerprint density at radius 3 is 2.25 bits per heavy atom. The maximum atomic E-state index is 13.1. The van der Waals surface area contributed by atoms with Gasteiger partial charge in [0.05, 0.1) is 18.5 Å². The average Bonchev–Trinajstić information content (AvgIpc) is 3.81. The molecule has 2 aromatic heterocycles. The highest BCUT2D eigenvalue weighted by molar-refractivity contribution is 7.85. The Morgan fingerprint density at radius 2 is 1.59 bits per heavy atom. The zero-order valence-corrected chi connectivity index (χ0v) is 33.7. The first-order valence-corrected chi connectivity index (χ1v) is 19.8. The van der Waals surface area contributed by atoms with Crippen LogP contribution in [-0.2, 0) is 40.0 Å². The largest absolute Gasteiger partial charge is 0.488 e. The molecule has 2 N–H and O–H groups in total. The van der Waals surface area contributed by atoms with E-state index in [4.69, 9.17) is 27.9 Å². The smallest absolute Gasteiger partial charge is 0.413 e. The van der Waals surface area contributed by atoms with E-state index in [1.807, 2.05) is 35.1 Å². The van der Waals surface area contributed by atoms with Crippen LogP contribution >= 0.6 is 0 Å². The summed E-state index contributed by atoms with van der Waals surface area (Å²) in [5.74, 6) is -1.66. The molecule has 18 heteroatoms. The lowest BCUT2D eigenvalue weighted by atomic mass is 10.1. The monoisotopic (exact) mass is 797 g/mol. The molecule has 304 valence electrons. The lowest BCUT2D eigenvalue weighted by Crippen LogP contribution is -2.37. The van der Waals surface area contributed by atoms with Crippen molar-refractivity contribution < 1.29 is 45.9 Å². The van der Waals surface area contributed by atoms with Crippen molar-refractivity contribution in [1.82, 2.24) is 29.1 Å². The van der Waals surface area contributed by atoms with Gasteiger partial charge < -0.3 is 28.6 Å². The fourth-order valence-corrected chi connectivity index (χ4v) is 6.80. The van der Waals surface area contributed by atoms with Crippen LogP contribution in [0.2, 0.25) is 0 Å². The number of nitrogens with zero attached hydrogens (tertiary/aromatic N) is 5. The summed E-state index contributed by atoms with van der Waals surface area (Å²) in [6.45, 7) is 18.4. The highest BCUT2D eigenvalue weighted by atomic mass is 32.2. The third-order valence-corrected chi connectivity index (χ3v) is 9.57. The van der Waals surface area contributed by atoms with Gasteiger partial charge in [0.1, 0.15) is 42.6 Å². The van der Waals surface area contributed by atoms with E-state index in [9.17, 15) is 18.0 Å². The van der Waals surface area contributed by atoms with Crippen LogP contribution in [-0.4, -0.2) is 101 Å². The first-order valence-electron chi connectivity index (χ1n) is 18.4. The maximum Gasteiger partial charge on any atom is 0.413 e. The van der Waals surface area contributed by atoms with Crippen molar-refractivity contribution in [2.45, 2.75) is 97.9 Å². The number of amides is 2. The molecule has 0 spiro atoms. The van der Waals surface area contributed by atoms with E-state index in [0.717, 1.165) is 5.56 Å². The number of hydrogen-bond acceptors (Lipinski definition) is 14. The van der Waals surface area contributed by atoms with Crippen molar-refractivity contribution in [3.63, 3.8) is 0 Å². The molecule has 17 nitrogen and oxygen atoms in total. The second kappa shape index (κ2) is 18.0. The number of aromatic nitrogens is 4.